The first-order valence-electron chi connectivity index (χ1n) is 12.9. The van der Waals surface area contributed by atoms with Gasteiger partial charge in [-0.25, -0.2) is 0 Å². The summed E-state index contributed by atoms with van der Waals surface area (Å²) in [6.07, 6.45) is 4.11. The highest BCUT2D eigenvalue weighted by Crippen LogP contribution is 2.34. The molecule has 0 spiro atoms. The Morgan fingerprint density at radius 3 is 2.00 bits per heavy atom. The van der Waals surface area contributed by atoms with Crippen LogP contribution in [0.3, 0.4) is 0 Å². The molecule has 6 aromatic rings. The molecule has 7 rings (SSSR count). The molecular weight excluding hydrogens is 485 g/mol. The molecule has 0 radical (unpaired) electrons. The Balaban J connectivity index is 1.57. The molecule has 0 N–H and O–H groups in total. The van der Waals surface area contributed by atoms with Crippen LogP contribution < -0.4 is 5.19 Å². The van der Waals surface area contributed by atoms with Gasteiger partial charge in [-0.15, -0.1) is 0 Å². The van der Waals surface area contributed by atoms with E-state index in [9.17, 15) is 0 Å². The van der Waals surface area contributed by atoms with Gasteiger partial charge < -0.3 is 4.43 Å². The van der Waals surface area contributed by atoms with Crippen LogP contribution in [0.4, 0.5) is 0 Å². The molecule has 4 heteroatoms. The minimum absolute atomic E-state index is 0.0855. The molecule has 6 aromatic carbocycles. The highest BCUT2D eigenvalue weighted by atomic mass is 29.5. The summed E-state index contributed by atoms with van der Waals surface area (Å²) in [6.45, 7) is 9.37. The summed E-state index contributed by atoms with van der Waals surface area (Å²) in [4.78, 5) is 0. The van der Waals surface area contributed by atoms with Crippen LogP contribution in [0, 0.1) is 0 Å². The zero-order chi connectivity index (χ0) is 24.2. The van der Waals surface area contributed by atoms with Crippen LogP contribution in [0.5, 0.6) is 0 Å². The van der Waals surface area contributed by atoms with Gasteiger partial charge in [-0.3, -0.25) is 0 Å². The van der Waals surface area contributed by atoms with E-state index in [0.717, 1.165) is 6.61 Å². The monoisotopic (exact) mass is 512 g/mol. The molecule has 36 heavy (non-hydrogen) atoms. The van der Waals surface area contributed by atoms with Crippen molar-refractivity contribution in [2.45, 2.75) is 6.04 Å². The fraction of sp³-hybridized carbons (Fsp3) is 0.0625. The number of rotatable bonds is 3. The van der Waals surface area contributed by atoms with Gasteiger partial charge in [0.15, 0.2) is 0 Å². The molecule has 1 atom stereocenters. The van der Waals surface area contributed by atoms with Gasteiger partial charge in [-0.1, -0.05) is 66.9 Å². The van der Waals surface area contributed by atoms with Gasteiger partial charge in [0.1, 0.15) is 9.28 Å². The molecule has 1 nitrogen and oxygen atoms in total. The van der Waals surface area contributed by atoms with E-state index in [-0.39, 0.29) is 17.8 Å². The summed E-state index contributed by atoms with van der Waals surface area (Å²) in [5.74, 6) is 0. The third-order valence-corrected chi connectivity index (χ3v) is 26.5. The molecule has 0 aromatic heterocycles. The Morgan fingerprint density at radius 2 is 1.33 bits per heavy atom. The second kappa shape index (κ2) is 8.68. The molecule has 0 saturated carbocycles. The minimum Gasteiger partial charge on any atom is -0.428 e. The van der Waals surface area contributed by atoms with Crippen molar-refractivity contribution in [1.29, 1.82) is 0 Å². The molecular formula is C32H28OSi3. The van der Waals surface area contributed by atoms with Crippen LogP contribution in [0.15, 0.2) is 92.0 Å². The number of fused-ring (bicyclic) bond motifs is 6. The first kappa shape index (κ1) is 22.0. The van der Waals surface area contributed by atoms with E-state index in [1.54, 1.807) is 5.19 Å². The van der Waals surface area contributed by atoms with Crippen molar-refractivity contribution in [3.63, 3.8) is 0 Å². The number of benzene rings is 6. The fourth-order valence-corrected chi connectivity index (χ4v) is 24.9. The third kappa shape index (κ3) is 3.44. The van der Waals surface area contributed by atoms with Crippen molar-refractivity contribution in [1.82, 2.24) is 0 Å². The van der Waals surface area contributed by atoms with Crippen molar-refractivity contribution >= 4 is 97.4 Å². The quantitative estimate of drug-likeness (QED) is 0.164. The molecule has 1 saturated heterocycles. The average molecular weight is 513 g/mol. The van der Waals surface area contributed by atoms with E-state index >= 15 is 0 Å². The van der Waals surface area contributed by atoms with Crippen LogP contribution in [-0.2, 0) is 4.43 Å². The third-order valence-electron chi connectivity index (χ3n) is 8.08. The van der Waals surface area contributed by atoms with Gasteiger partial charge in [0, 0.05) is 15.2 Å². The van der Waals surface area contributed by atoms with E-state index in [0.29, 0.717) is 0 Å². The lowest BCUT2D eigenvalue weighted by molar-refractivity contribution is 0.367. The Bertz CT molecular complexity index is 1870. The Labute approximate surface area is 217 Å². The van der Waals surface area contributed by atoms with Crippen LogP contribution in [0.25, 0.3) is 66.0 Å². The van der Waals surface area contributed by atoms with Crippen molar-refractivity contribution in [2.24, 2.45) is 0 Å². The van der Waals surface area contributed by atoms with Crippen LogP contribution in [-0.4, -0.2) is 32.8 Å². The van der Waals surface area contributed by atoms with E-state index in [2.05, 4.69) is 98.1 Å². The smallest absolute Gasteiger partial charge is 0.141 e. The van der Waals surface area contributed by atoms with E-state index < -0.39 is 8.31 Å². The molecule has 1 heterocycles. The fourth-order valence-electron chi connectivity index (χ4n) is 6.29. The van der Waals surface area contributed by atoms with Gasteiger partial charge in [0.05, 0.1) is 8.31 Å². The normalized spacial score (nSPS) is 17.6. The van der Waals surface area contributed by atoms with Crippen molar-refractivity contribution < 1.29 is 4.43 Å². The lowest BCUT2D eigenvalue weighted by Gasteiger charge is -2.25. The zero-order valence-electron chi connectivity index (χ0n) is 20.4. The minimum atomic E-state index is -0.988. The lowest BCUT2D eigenvalue weighted by Crippen LogP contribution is -2.46. The summed E-state index contributed by atoms with van der Waals surface area (Å²) in [6, 6.07) is 31.2. The molecule has 0 amide bonds. The van der Waals surface area contributed by atoms with Crippen LogP contribution >= 0.6 is 0 Å². The highest BCUT2D eigenvalue weighted by molar-refractivity contribution is 7.39. The number of hydrogen-bond donors (Lipinski definition) is 0. The first-order chi connectivity index (χ1) is 17.7. The predicted molar refractivity (Wildman–Crippen MR) is 169 cm³/mol. The summed E-state index contributed by atoms with van der Waals surface area (Å²) >= 11 is 0. The maximum atomic E-state index is 5.95. The molecule has 1 aliphatic rings. The molecule has 1 fully saturated rings. The van der Waals surface area contributed by atoms with Crippen LogP contribution in [0.1, 0.15) is 11.1 Å². The molecule has 1 aliphatic heterocycles. The predicted octanol–water partition coefficient (Wildman–Crippen LogP) is 5.87. The standard InChI is InChI=1S/C32H28OSi3/c1-3-20-13-27-17-24-10-9-23-16-25-14-21-7-5-6-8-22(21)15-26(25)18-29(23)30(24)19-31(27)32(28(20)4-2)36-12-11-33-34-35-36/h3-10,13-19,36H,1-2,11-12,34-35H2. The highest BCUT2D eigenvalue weighted by Gasteiger charge is 2.24. The largest absolute Gasteiger partial charge is 0.428 e. The van der Waals surface area contributed by atoms with E-state index in [4.69, 9.17) is 4.43 Å². The van der Waals surface area contributed by atoms with E-state index in [1.165, 1.54) is 71.0 Å². The lowest BCUT2D eigenvalue weighted by atomic mass is 9.93. The maximum absolute atomic E-state index is 5.95. The Morgan fingerprint density at radius 1 is 0.667 bits per heavy atom. The number of hydrogen-bond acceptors (Lipinski definition) is 1. The van der Waals surface area contributed by atoms with Crippen molar-refractivity contribution in [2.75, 3.05) is 6.61 Å². The zero-order valence-corrected chi connectivity index (χ0v) is 24.4. The van der Waals surface area contributed by atoms with Crippen molar-refractivity contribution in [3.05, 3.63) is 103 Å². The van der Waals surface area contributed by atoms with Gasteiger partial charge in [0.25, 0.3) is 0 Å². The molecule has 0 aliphatic carbocycles. The topological polar surface area (TPSA) is 9.23 Å². The first-order valence-corrected chi connectivity index (χ1v) is 22.1. The van der Waals surface area contributed by atoms with Gasteiger partial charge in [-0.05, 0) is 113 Å². The molecule has 174 valence electrons. The Kier molecular flexibility index (Phi) is 5.29. The SMILES string of the molecule is C=Cc1cc2cc3ccc4cc5cc6ccccc6cc5cc4c3cc2c([SiH]2CCO[SiH2][SiH2]2)c1C=C. The van der Waals surface area contributed by atoms with E-state index in [1.807, 2.05) is 6.08 Å². The summed E-state index contributed by atoms with van der Waals surface area (Å²) in [5.41, 5.74) is 2.58. The van der Waals surface area contributed by atoms with Crippen molar-refractivity contribution in [3.8, 4) is 0 Å². The summed E-state index contributed by atoms with van der Waals surface area (Å²) < 4.78 is 5.95. The maximum Gasteiger partial charge on any atom is 0.141 e. The molecule has 1 unspecified atom stereocenters. The van der Waals surface area contributed by atoms with Gasteiger partial charge >= 0.3 is 0 Å². The second-order valence-corrected chi connectivity index (χ2v) is 25.1. The summed E-state index contributed by atoms with van der Waals surface area (Å²) in [7, 11) is -1.34. The Hall–Kier alpha value is -3.29. The van der Waals surface area contributed by atoms with Gasteiger partial charge in [0.2, 0.25) is 0 Å². The van der Waals surface area contributed by atoms with Gasteiger partial charge in [-0.2, -0.15) is 0 Å². The average Bonchev–Trinajstić information content (AvgIpc) is 2.93. The second-order valence-electron chi connectivity index (χ2n) is 10.1. The van der Waals surface area contributed by atoms with Crippen LogP contribution in [0.2, 0.25) is 6.04 Å². The summed E-state index contributed by atoms with van der Waals surface area (Å²) in [5, 5.41) is 15.0. The molecule has 0 bridgehead atoms.